The lowest BCUT2D eigenvalue weighted by molar-refractivity contribution is -0.148. The summed E-state index contributed by atoms with van der Waals surface area (Å²) < 4.78 is 4.41. The summed E-state index contributed by atoms with van der Waals surface area (Å²) in [6.07, 6.45) is -0.441. The first kappa shape index (κ1) is 16.6. The van der Waals surface area contributed by atoms with Gasteiger partial charge in [0, 0.05) is 6.54 Å². The van der Waals surface area contributed by atoms with Crippen molar-refractivity contribution in [1.82, 2.24) is 5.32 Å². The Morgan fingerprint density at radius 3 is 2.38 bits per heavy atom. The molecule has 1 amide bonds. The molecule has 1 aromatic rings. The Hall–Kier alpha value is -2.41. The topological polar surface area (TPSA) is 119 Å². The Bertz CT molecular complexity index is 503. The first-order valence-corrected chi connectivity index (χ1v) is 6.34. The Balaban J connectivity index is 2.80. The van der Waals surface area contributed by atoms with Gasteiger partial charge in [0.05, 0.1) is 19.4 Å². The predicted molar refractivity (Wildman–Crippen MR) is 74.4 cm³/mol. The number of ether oxygens (including phenoxy) is 1. The van der Waals surface area contributed by atoms with Gasteiger partial charge in [-0.25, -0.2) is 4.79 Å². The number of rotatable bonds is 7. The highest BCUT2D eigenvalue weighted by Crippen LogP contribution is 2.14. The van der Waals surface area contributed by atoms with Crippen LogP contribution in [0.3, 0.4) is 0 Å². The van der Waals surface area contributed by atoms with E-state index in [2.05, 4.69) is 10.1 Å². The standard InChI is InChI=1S/C14H18N2O5/c1-21-12(17)7-11(14(19)20)16-13(18)10(8-15)9-5-3-2-4-6-9/h2-6,10-11H,7-8,15H2,1H3,(H,16,18)(H,19,20)/t10?,11-/m0/s1. The number of carbonyl (C=O) groups excluding carboxylic acids is 2. The number of hydrogen-bond acceptors (Lipinski definition) is 5. The molecule has 7 heteroatoms. The minimum atomic E-state index is -1.34. The maximum atomic E-state index is 12.2. The Kier molecular flexibility index (Phi) is 6.35. The molecule has 0 saturated heterocycles. The van der Waals surface area contributed by atoms with Crippen LogP contribution in [0.25, 0.3) is 0 Å². The highest BCUT2D eigenvalue weighted by atomic mass is 16.5. The monoisotopic (exact) mass is 294 g/mol. The summed E-state index contributed by atoms with van der Waals surface area (Å²) in [4.78, 5) is 34.4. The lowest BCUT2D eigenvalue weighted by Crippen LogP contribution is -2.45. The number of carbonyl (C=O) groups is 3. The van der Waals surface area contributed by atoms with Crippen LogP contribution >= 0.6 is 0 Å². The number of benzene rings is 1. The molecule has 1 unspecified atom stereocenters. The molecule has 114 valence electrons. The van der Waals surface area contributed by atoms with E-state index in [1.807, 2.05) is 0 Å². The highest BCUT2D eigenvalue weighted by Gasteiger charge is 2.27. The van der Waals surface area contributed by atoms with Crippen LogP contribution < -0.4 is 11.1 Å². The summed E-state index contributed by atoms with van der Waals surface area (Å²) >= 11 is 0. The molecule has 0 saturated carbocycles. The fraction of sp³-hybridized carbons (Fsp3) is 0.357. The van der Waals surface area contributed by atoms with Crippen LogP contribution in [0.2, 0.25) is 0 Å². The second-order valence-corrected chi connectivity index (χ2v) is 4.38. The Labute approximate surface area is 122 Å². The van der Waals surface area contributed by atoms with E-state index >= 15 is 0 Å². The molecule has 0 radical (unpaired) electrons. The zero-order valence-electron chi connectivity index (χ0n) is 11.6. The Morgan fingerprint density at radius 2 is 1.90 bits per heavy atom. The summed E-state index contributed by atoms with van der Waals surface area (Å²) in [6, 6.07) is 7.43. The normalized spacial score (nSPS) is 13.0. The lowest BCUT2D eigenvalue weighted by atomic mass is 9.98. The maximum absolute atomic E-state index is 12.2. The SMILES string of the molecule is COC(=O)C[C@H](NC(=O)C(CN)c1ccccc1)C(=O)O. The fourth-order valence-corrected chi connectivity index (χ4v) is 1.80. The van der Waals surface area contributed by atoms with Crippen LogP contribution in [-0.2, 0) is 19.1 Å². The van der Waals surface area contributed by atoms with E-state index in [1.165, 1.54) is 0 Å². The molecule has 1 rings (SSSR count). The molecule has 0 bridgehead atoms. The zero-order chi connectivity index (χ0) is 15.8. The third-order valence-corrected chi connectivity index (χ3v) is 2.97. The summed E-state index contributed by atoms with van der Waals surface area (Å²) in [5, 5.41) is 11.3. The lowest BCUT2D eigenvalue weighted by Gasteiger charge is -2.19. The summed E-state index contributed by atoms with van der Waals surface area (Å²) in [7, 11) is 1.15. The summed E-state index contributed by atoms with van der Waals surface area (Å²) in [5.74, 6) is -3.24. The molecule has 7 nitrogen and oxygen atoms in total. The van der Waals surface area contributed by atoms with Crippen LogP contribution in [-0.4, -0.2) is 42.6 Å². The van der Waals surface area contributed by atoms with E-state index in [9.17, 15) is 14.4 Å². The van der Waals surface area contributed by atoms with Gasteiger partial charge in [-0.3, -0.25) is 9.59 Å². The minimum absolute atomic E-state index is 0.0282. The third kappa shape index (κ3) is 4.88. The van der Waals surface area contributed by atoms with Gasteiger partial charge in [-0.15, -0.1) is 0 Å². The van der Waals surface area contributed by atoms with Crippen molar-refractivity contribution >= 4 is 17.8 Å². The molecule has 4 N–H and O–H groups in total. The van der Waals surface area contributed by atoms with Crippen LogP contribution in [0.4, 0.5) is 0 Å². The van der Waals surface area contributed by atoms with Gasteiger partial charge in [-0.1, -0.05) is 30.3 Å². The molecule has 0 aliphatic heterocycles. The van der Waals surface area contributed by atoms with Crippen molar-refractivity contribution < 1.29 is 24.2 Å². The van der Waals surface area contributed by atoms with Crippen molar-refractivity contribution in [1.29, 1.82) is 0 Å². The highest BCUT2D eigenvalue weighted by molar-refractivity contribution is 5.90. The van der Waals surface area contributed by atoms with Gasteiger partial charge in [-0.2, -0.15) is 0 Å². The molecular weight excluding hydrogens is 276 g/mol. The first-order valence-electron chi connectivity index (χ1n) is 6.34. The van der Waals surface area contributed by atoms with Gasteiger partial charge in [0.1, 0.15) is 6.04 Å². The Morgan fingerprint density at radius 1 is 1.29 bits per heavy atom. The molecule has 21 heavy (non-hydrogen) atoms. The average Bonchev–Trinajstić information content (AvgIpc) is 2.48. The van der Waals surface area contributed by atoms with Crippen molar-refractivity contribution in [2.24, 2.45) is 5.73 Å². The van der Waals surface area contributed by atoms with Crippen molar-refractivity contribution in [3.8, 4) is 0 Å². The van der Waals surface area contributed by atoms with E-state index < -0.39 is 36.2 Å². The number of carboxylic acid groups (broad SMARTS) is 1. The van der Waals surface area contributed by atoms with E-state index in [-0.39, 0.29) is 6.54 Å². The van der Waals surface area contributed by atoms with Gasteiger partial charge in [0.2, 0.25) is 5.91 Å². The van der Waals surface area contributed by atoms with Gasteiger partial charge in [0.15, 0.2) is 0 Å². The molecule has 0 aliphatic carbocycles. The number of amides is 1. The van der Waals surface area contributed by atoms with Crippen LogP contribution in [0.1, 0.15) is 17.9 Å². The fourth-order valence-electron chi connectivity index (χ4n) is 1.80. The van der Waals surface area contributed by atoms with E-state index in [0.29, 0.717) is 5.56 Å². The number of carboxylic acids is 1. The largest absolute Gasteiger partial charge is 0.480 e. The predicted octanol–water partition coefficient (Wildman–Crippen LogP) is -0.139. The molecule has 0 heterocycles. The van der Waals surface area contributed by atoms with Crippen molar-refractivity contribution in [3.63, 3.8) is 0 Å². The number of hydrogen-bond donors (Lipinski definition) is 3. The molecule has 0 spiro atoms. The smallest absolute Gasteiger partial charge is 0.326 e. The number of nitrogens with two attached hydrogens (primary N) is 1. The van der Waals surface area contributed by atoms with E-state index in [1.54, 1.807) is 30.3 Å². The molecule has 0 aliphatic rings. The molecule has 0 aromatic heterocycles. The van der Waals surface area contributed by atoms with Gasteiger partial charge in [-0.05, 0) is 5.56 Å². The summed E-state index contributed by atoms with van der Waals surface area (Å²) in [6.45, 7) is 0.0282. The van der Waals surface area contributed by atoms with Crippen LogP contribution in [0.15, 0.2) is 30.3 Å². The van der Waals surface area contributed by atoms with Crippen LogP contribution in [0, 0.1) is 0 Å². The quantitative estimate of drug-likeness (QED) is 0.602. The van der Waals surface area contributed by atoms with Gasteiger partial charge in [0.25, 0.3) is 0 Å². The number of methoxy groups -OCH3 is 1. The van der Waals surface area contributed by atoms with Crippen molar-refractivity contribution in [3.05, 3.63) is 35.9 Å². The second kappa shape index (κ2) is 8.01. The molecule has 2 atom stereocenters. The summed E-state index contributed by atoms with van der Waals surface area (Å²) in [5.41, 5.74) is 6.27. The number of nitrogens with one attached hydrogen (secondary N) is 1. The number of aliphatic carboxylic acids is 1. The number of esters is 1. The minimum Gasteiger partial charge on any atom is -0.480 e. The second-order valence-electron chi connectivity index (χ2n) is 4.38. The third-order valence-electron chi connectivity index (χ3n) is 2.97. The first-order chi connectivity index (χ1) is 9.99. The van der Waals surface area contributed by atoms with Crippen molar-refractivity contribution in [2.45, 2.75) is 18.4 Å². The maximum Gasteiger partial charge on any atom is 0.326 e. The molecule has 1 aromatic carbocycles. The average molecular weight is 294 g/mol. The zero-order valence-corrected chi connectivity index (χ0v) is 11.6. The van der Waals surface area contributed by atoms with Gasteiger partial charge >= 0.3 is 11.9 Å². The molecular formula is C14H18N2O5. The van der Waals surface area contributed by atoms with Gasteiger partial charge < -0.3 is 20.9 Å². The van der Waals surface area contributed by atoms with E-state index in [0.717, 1.165) is 7.11 Å². The van der Waals surface area contributed by atoms with Crippen molar-refractivity contribution in [2.75, 3.05) is 13.7 Å². The van der Waals surface area contributed by atoms with Crippen LogP contribution in [0.5, 0.6) is 0 Å². The van der Waals surface area contributed by atoms with E-state index in [4.69, 9.17) is 10.8 Å². The molecule has 0 fully saturated rings.